The number of benzene rings is 1. The van der Waals surface area contributed by atoms with Crippen LogP contribution in [0.25, 0.3) is 0 Å². The maximum absolute atomic E-state index is 11.9. The molecule has 1 heterocycles. The molecule has 2 aromatic rings. The molecule has 0 aliphatic heterocycles. The van der Waals surface area contributed by atoms with E-state index in [-0.39, 0.29) is 18.9 Å². The highest BCUT2D eigenvalue weighted by atomic mass is 32.1. The van der Waals surface area contributed by atoms with Gasteiger partial charge in [-0.05, 0) is 18.1 Å². The zero-order chi connectivity index (χ0) is 13.7. The van der Waals surface area contributed by atoms with E-state index in [0.717, 1.165) is 22.7 Å². The Hall–Kier alpha value is -1.72. The van der Waals surface area contributed by atoms with Gasteiger partial charge in [0.1, 0.15) is 5.01 Å². The molecular formula is C14H16N2O2S. The lowest BCUT2D eigenvalue weighted by Crippen LogP contribution is -2.15. The molecule has 0 saturated heterocycles. The van der Waals surface area contributed by atoms with Crippen LogP contribution in [0.3, 0.4) is 0 Å². The highest BCUT2D eigenvalue weighted by molar-refractivity contribution is 7.09. The van der Waals surface area contributed by atoms with Gasteiger partial charge in [-0.25, -0.2) is 4.98 Å². The molecule has 0 bridgehead atoms. The van der Waals surface area contributed by atoms with Crippen molar-refractivity contribution >= 4 is 22.9 Å². The van der Waals surface area contributed by atoms with Crippen molar-refractivity contribution in [1.82, 2.24) is 4.98 Å². The van der Waals surface area contributed by atoms with Crippen molar-refractivity contribution in [1.29, 1.82) is 0 Å². The van der Waals surface area contributed by atoms with E-state index in [0.29, 0.717) is 5.69 Å². The van der Waals surface area contributed by atoms with Gasteiger partial charge in [-0.2, -0.15) is 0 Å². The van der Waals surface area contributed by atoms with E-state index in [1.54, 1.807) is 5.38 Å². The number of aliphatic hydroxyl groups is 1. The first-order chi connectivity index (χ1) is 9.22. The molecule has 0 aliphatic rings. The van der Waals surface area contributed by atoms with Crippen LogP contribution in [0.1, 0.15) is 23.2 Å². The van der Waals surface area contributed by atoms with Crippen molar-refractivity contribution in [2.24, 2.45) is 0 Å². The van der Waals surface area contributed by atoms with Gasteiger partial charge >= 0.3 is 0 Å². The van der Waals surface area contributed by atoms with Gasteiger partial charge in [0, 0.05) is 11.1 Å². The number of carbonyl (C=O) groups excluding carboxylic acids is 1. The minimum atomic E-state index is -0.0865. The molecule has 0 unspecified atom stereocenters. The predicted molar refractivity (Wildman–Crippen MR) is 76.2 cm³/mol. The summed E-state index contributed by atoms with van der Waals surface area (Å²) in [4.78, 5) is 16.1. The summed E-state index contributed by atoms with van der Waals surface area (Å²) in [5, 5.41) is 14.3. The summed E-state index contributed by atoms with van der Waals surface area (Å²) in [7, 11) is 0. The Morgan fingerprint density at radius 1 is 1.42 bits per heavy atom. The summed E-state index contributed by atoms with van der Waals surface area (Å²) < 4.78 is 0. The number of nitrogens with one attached hydrogen (secondary N) is 1. The molecule has 0 spiro atoms. The number of rotatable bonds is 5. The Morgan fingerprint density at radius 2 is 2.21 bits per heavy atom. The molecule has 0 fully saturated rings. The number of hydrogen-bond acceptors (Lipinski definition) is 4. The van der Waals surface area contributed by atoms with Crippen LogP contribution in [0.15, 0.2) is 29.6 Å². The number of amides is 1. The second-order valence-corrected chi connectivity index (χ2v) is 5.07. The number of aliphatic hydroxyl groups excluding tert-OH is 1. The number of anilines is 1. The lowest BCUT2D eigenvalue weighted by Gasteiger charge is -2.08. The van der Waals surface area contributed by atoms with E-state index in [2.05, 4.69) is 17.2 Å². The number of aromatic nitrogens is 1. The molecule has 0 saturated carbocycles. The second-order valence-electron chi connectivity index (χ2n) is 4.13. The Morgan fingerprint density at radius 3 is 2.89 bits per heavy atom. The topological polar surface area (TPSA) is 62.2 Å². The molecular weight excluding hydrogens is 260 g/mol. The van der Waals surface area contributed by atoms with Crippen LogP contribution in [-0.2, 0) is 24.2 Å². The highest BCUT2D eigenvalue weighted by Gasteiger charge is 2.09. The summed E-state index contributed by atoms with van der Waals surface area (Å²) in [5.74, 6) is -0.0836. The van der Waals surface area contributed by atoms with E-state index < -0.39 is 0 Å². The Balaban J connectivity index is 2.01. The molecule has 2 N–H and O–H groups in total. The van der Waals surface area contributed by atoms with Crippen molar-refractivity contribution < 1.29 is 9.90 Å². The van der Waals surface area contributed by atoms with E-state index in [1.807, 2.05) is 24.3 Å². The molecule has 19 heavy (non-hydrogen) atoms. The van der Waals surface area contributed by atoms with Crippen LogP contribution in [0.2, 0.25) is 0 Å². The number of hydrogen-bond donors (Lipinski definition) is 2. The zero-order valence-corrected chi connectivity index (χ0v) is 11.5. The summed E-state index contributed by atoms with van der Waals surface area (Å²) in [6, 6.07) is 7.77. The van der Waals surface area contributed by atoms with Gasteiger partial charge in [0.05, 0.1) is 18.7 Å². The van der Waals surface area contributed by atoms with Gasteiger partial charge in [-0.3, -0.25) is 4.79 Å². The molecule has 2 rings (SSSR count). The lowest BCUT2D eigenvalue weighted by molar-refractivity contribution is -0.115. The number of aryl methyl sites for hydroxylation is 1. The van der Waals surface area contributed by atoms with Crippen LogP contribution >= 0.6 is 11.3 Å². The van der Waals surface area contributed by atoms with E-state index in [4.69, 9.17) is 5.11 Å². The van der Waals surface area contributed by atoms with Crippen LogP contribution in [0.5, 0.6) is 0 Å². The van der Waals surface area contributed by atoms with Crippen molar-refractivity contribution in [2.45, 2.75) is 26.4 Å². The van der Waals surface area contributed by atoms with Crippen LogP contribution < -0.4 is 5.32 Å². The Labute approximate surface area is 116 Å². The third-order valence-electron chi connectivity index (χ3n) is 2.75. The monoisotopic (exact) mass is 276 g/mol. The van der Waals surface area contributed by atoms with Crippen molar-refractivity contribution in [3.63, 3.8) is 0 Å². The fraction of sp³-hybridized carbons (Fsp3) is 0.286. The fourth-order valence-electron chi connectivity index (χ4n) is 1.79. The van der Waals surface area contributed by atoms with E-state index in [9.17, 15) is 4.79 Å². The molecule has 100 valence electrons. The van der Waals surface area contributed by atoms with Gasteiger partial charge in [-0.1, -0.05) is 25.1 Å². The molecule has 1 amide bonds. The molecule has 1 aromatic heterocycles. The minimum absolute atomic E-state index is 0.0836. The largest absolute Gasteiger partial charge is 0.390 e. The quantitative estimate of drug-likeness (QED) is 0.881. The summed E-state index contributed by atoms with van der Waals surface area (Å²) in [6.45, 7) is 1.97. The predicted octanol–water partition coefficient (Wildman–Crippen LogP) is 2.38. The van der Waals surface area contributed by atoms with Gasteiger partial charge in [0.2, 0.25) is 5.91 Å². The summed E-state index contributed by atoms with van der Waals surface area (Å²) >= 11 is 1.39. The third-order valence-corrected chi connectivity index (χ3v) is 3.64. The minimum Gasteiger partial charge on any atom is -0.390 e. The van der Waals surface area contributed by atoms with Gasteiger partial charge in [0.15, 0.2) is 0 Å². The van der Waals surface area contributed by atoms with Crippen molar-refractivity contribution in [3.8, 4) is 0 Å². The normalized spacial score (nSPS) is 10.4. The average Bonchev–Trinajstić information content (AvgIpc) is 2.87. The van der Waals surface area contributed by atoms with Gasteiger partial charge in [0.25, 0.3) is 0 Å². The maximum Gasteiger partial charge on any atom is 0.231 e. The second kappa shape index (κ2) is 6.45. The summed E-state index contributed by atoms with van der Waals surface area (Å²) in [5.41, 5.74) is 2.58. The molecule has 4 nitrogen and oxygen atoms in total. The van der Waals surface area contributed by atoms with E-state index >= 15 is 0 Å². The number of thiazole rings is 1. The fourth-order valence-corrected chi connectivity index (χ4v) is 2.57. The highest BCUT2D eigenvalue weighted by Crippen LogP contribution is 2.16. The van der Waals surface area contributed by atoms with Crippen molar-refractivity contribution in [3.05, 3.63) is 45.9 Å². The average molecular weight is 276 g/mol. The molecule has 1 aromatic carbocycles. The molecule has 5 heteroatoms. The lowest BCUT2D eigenvalue weighted by atomic mass is 10.1. The first-order valence-corrected chi connectivity index (χ1v) is 7.02. The van der Waals surface area contributed by atoms with Crippen LogP contribution in [0, 0.1) is 0 Å². The van der Waals surface area contributed by atoms with Crippen LogP contribution in [0.4, 0.5) is 5.69 Å². The standard InChI is InChI=1S/C14H16N2O2S/c1-2-10-5-3-4-6-12(10)16-13(18)7-14-15-11(8-17)9-19-14/h3-6,9,17H,2,7-8H2,1H3,(H,16,18). The van der Waals surface area contributed by atoms with E-state index in [1.165, 1.54) is 11.3 Å². The first kappa shape index (κ1) is 13.7. The number of nitrogens with zero attached hydrogens (tertiary/aromatic N) is 1. The first-order valence-electron chi connectivity index (χ1n) is 6.14. The smallest absolute Gasteiger partial charge is 0.231 e. The molecule has 0 atom stereocenters. The molecule has 0 radical (unpaired) electrons. The number of para-hydroxylation sites is 1. The molecule has 0 aliphatic carbocycles. The van der Waals surface area contributed by atoms with Gasteiger partial charge in [-0.15, -0.1) is 11.3 Å². The Kier molecular flexibility index (Phi) is 4.65. The van der Waals surface area contributed by atoms with Crippen LogP contribution in [-0.4, -0.2) is 16.0 Å². The van der Waals surface area contributed by atoms with Gasteiger partial charge < -0.3 is 10.4 Å². The third kappa shape index (κ3) is 3.62. The SMILES string of the molecule is CCc1ccccc1NC(=O)Cc1nc(CO)cs1. The van der Waals surface area contributed by atoms with Crippen molar-refractivity contribution in [2.75, 3.05) is 5.32 Å². The number of carbonyl (C=O) groups is 1. The maximum atomic E-state index is 11.9. The Bertz CT molecular complexity index is 566. The summed E-state index contributed by atoms with van der Waals surface area (Å²) in [6.07, 6.45) is 1.12. The zero-order valence-electron chi connectivity index (χ0n) is 10.7.